The summed E-state index contributed by atoms with van der Waals surface area (Å²) in [4.78, 5) is 2.65. The fraction of sp³-hybridized carbons (Fsp3) is 0.478. The van der Waals surface area contributed by atoms with E-state index in [0.717, 1.165) is 30.5 Å². The number of nitrogens with zero attached hydrogens (tertiary/aromatic N) is 1. The predicted molar refractivity (Wildman–Crippen MR) is 108 cm³/mol. The molecule has 1 fully saturated rings. The zero-order valence-corrected chi connectivity index (χ0v) is 15.7. The minimum Gasteiger partial charge on any atom is -0.389 e. The van der Waals surface area contributed by atoms with Crippen molar-refractivity contribution in [3.63, 3.8) is 0 Å². The molecule has 0 saturated heterocycles. The van der Waals surface area contributed by atoms with Crippen LogP contribution in [0.4, 0.5) is 5.69 Å². The highest BCUT2D eigenvalue weighted by Gasteiger charge is 2.37. The van der Waals surface area contributed by atoms with Crippen molar-refractivity contribution in [3.8, 4) is 0 Å². The number of rotatable bonds is 1. The topological polar surface area (TPSA) is 35.5 Å². The lowest BCUT2D eigenvalue weighted by Crippen LogP contribution is -2.38. The van der Waals surface area contributed by atoms with Crippen LogP contribution in [-0.2, 0) is 6.54 Å². The molecule has 0 spiro atoms. The lowest BCUT2D eigenvalue weighted by molar-refractivity contribution is 0.199. The maximum Gasteiger partial charge on any atom is 0.0761 e. The van der Waals surface area contributed by atoms with E-state index in [1.54, 1.807) is 18.2 Å². The van der Waals surface area contributed by atoms with Gasteiger partial charge in [0.15, 0.2) is 0 Å². The van der Waals surface area contributed by atoms with Crippen LogP contribution in [0.3, 0.4) is 0 Å². The summed E-state index contributed by atoms with van der Waals surface area (Å²) < 4.78 is 0. The van der Waals surface area contributed by atoms with Gasteiger partial charge in [0.1, 0.15) is 0 Å². The first-order chi connectivity index (χ1) is 12.7. The van der Waals surface area contributed by atoms with Crippen molar-refractivity contribution < 1.29 is 5.11 Å². The van der Waals surface area contributed by atoms with E-state index in [-0.39, 0.29) is 6.10 Å². The monoisotopic (exact) mass is 350 g/mol. The molecule has 0 radical (unpaired) electrons. The molecule has 2 N–H and O–H groups in total. The summed E-state index contributed by atoms with van der Waals surface area (Å²) in [7, 11) is 0. The van der Waals surface area contributed by atoms with Gasteiger partial charge < -0.3 is 15.3 Å². The van der Waals surface area contributed by atoms with E-state index in [2.05, 4.69) is 28.4 Å². The van der Waals surface area contributed by atoms with Crippen LogP contribution >= 0.6 is 0 Å². The summed E-state index contributed by atoms with van der Waals surface area (Å²) in [6, 6.07) is 16.5. The Labute approximate surface area is 157 Å². The Morgan fingerprint density at radius 3 is 2.69 bits per heavy atom. The van der Waals surface area contributed by atoms with E-state index in [4.69, 9.17) is 5.11 Å². The molecule has 2 aromatic carbocycles. The zero-order valence-electron chi connectivity index (χ0n) is 15.7. The summed E-state index contributed by atoms with van der Waals surface area (Å²) in [6.45, 7) is 6.43. The van der Waals surface area contributed by atoms with Crippen LogP contribution < -0.4 is 10.2 Å². The molecule has 1 aliphatic carbocycles. The van der Waals surface area contributed by atoms with Crippen molar-refractivity contribution in [2.45, 2.75) is 44.8 Å². The second-order valence-electron chi connectivity index (χ2n) is 7.86. The van der Waals surface area contributed by atoms with Gasteiger partial charge in [0.05, 0.1) is 6.10 Å². The highest BCUT2D eigenvalue weighted by molar-refractivity contribution is 5.64. The maximum atomic E-state index is 9.02. The normalized spacial score (nSPS) is 24.6. The minimum absolute atomic E-state index is 0.341. The summed E-state index contributed by atoms with van der Waals surface area (Å²) in [6.07, 6.45) is 3.96. The van der Waals surface area contributed by atoms with Gasteiger partial charge in [-0.25, -0.2) is 0 Å². The lowest BCUT2D eigenvalue weighted by atomic mass is 9.82. The van der Waals surface area contributed by atoms with Crippen LogP contribution in [0.2, 0.25) is 0 Å². The summed E-state index contributed by atoms with van der Waals surface area (Å²) >= 11 is 0. The molecular formula is C23H30N2O. The molecule has 26 heavy (non-hydrogen) atoms. The van der Waals surface area contributed by atoms with E-state index < -0.39 is 0 Å². The average Bonchev–Trinajstić information content (AvgIpc) is 3.05. The van der Waals surface area contributed by atoms with Crippen molar-refractivity contribution in [2.24, 2.45) is 5.92 Å². The van der Waals surface area contributed by atoms with E-state index >= 15 is 0 Å². The van der Waals surface area contributed by atoms with Gasteiger partial charge in [-0.05, 0) is 48.3 Å². The first-order valence-corrected chi connectivity index (χ1v) is 10.0. The number of hydrogen-bond acceptors (Lipinski definition) is 3. The largest absolute Gasteiger partial charge is 0.389 e. The number of benzene rings is 2. The Morgan fingerprint density at radius 2 is 1.92 bits per heavy atom. The number of para-hydroxylation sites is 1. The molecule has 2 heterocycles. The first kappa shape index (κ1) is 17.6. The van der Waals surface area contributed by atoms with Crippen molar-refractivity contribution >= 4 is 5.69 Å². The minimum atomic E-state index is -0.341. The summed E-state index contributed by atoms with van der Waals surface area (Å²) in [5, 5.41) is 12.6. The van der Waals surface area contributed by atoms with Crippen LogP contribution in [0.25, 0.3) is 0 Å². The highest BCUT2D eigenvalue weighted by Crippen LogP contribution is 2.48. The van der Waals surface area contributed by atoms with E-state index in [1.807, 2.05) is 30.3 Å². The molecule has 3 aliphatic rings. The van der Waals surface area contributed by atoms with E-state index in [0.29, 0.717) is 0 Å². The molecule has 138 valence electrons. The molecule has 3 nitrogen and oxygen atoms in total. The smallest absolute Gasteiger partial charge is 0.0761 e. The lowest BCUT2D eigenvalue weighted by Gasteiger charge is -2.38. The first-order valence-electron chi connectivity index (χ1n) is 10.0. The summed E-state index contributed by atoms with van der Waals surface area (Å²) in [5.74, 6) is 1.79. The Balaban J connectivity index is 0.000000160. The average molecular weight is 351 g/mol. The van der Waals surface area contributed by atoms with Gasteiger partial charge in [0.2, 0.25) is 0 Å². The van der Waals surface area contributed by atoms with E-state index in [9.17, 15) is 0 Å². The maximum absolute atomic E-state index is 9.02. The fourth-order valence-electron chi connectivity index (χ4n) is 4.85. The van der Waals surface area contributed by atoms with Crippen LogP contribution in [0, 0.1) is 5.92 Å². The second kappa shape index (κ2) is 7.81. The van der Waals surface area contributed by atoms with Gasteiger partial charge >= 0.3 is 0 Å². The van der Waals surface area contributed by atoms with Gasteiger partial charge in [0, 0.05) is 31.9 Å². The standard InChI is InChI=1S/C15H20N2.C8H10O/c1-3-11-9-16-7-8-17-10-12-4-2-5-13(12)14(6-1)15(11)17;1-7(9)8-5-3-2-4-6-8/h1,3,6,12-13,16H,2,4-5,7-10H2;2-7,9H,1H3/t12-,13-;7-/m01/s1. The van der Waals surface area contributed by atoms with Crippen molar-refractivity contribution in [3.05, 3.63) is 65.2 Å². The molecule has 0 aromatic heterocycles. The zero-order chi connectivity index (χ0) is 17.9. The molecule has 5 rings (SSSR count). The second-order valence-corrected chi connectivity index (χ2v) is 7.86. The number of aliphatic hydroxyl groups excluding tert-OH is 1. The molecule has 0 bridgehead atoms. The molecule has 3 atom stereocenters. The molecule has 0 amide bonds. The Morgan fingerprint density at radius 1 is 1.08 bits per heavy atom. The number of fused-ring (bicyclic) bond motifs is 2. The number of aliphatic hydroxyl groups is 1. The van der Waals surface area contributed by atoms with Gasteiger partial charge in [-0.15, -0.1) is 0 Å². The van der Waals surface area contributed by atoms with Crippen molar-refractivity contribution in [1.29, 1.82) is 0 Å². The Hall–Kier alpha value is -1.84. The predicted octanol–water partition coefficient (Wildman–Crippen LogP) is 4.23. The molecule has 2 aromatic rings. The summed E-state index contributed by atoms with van der Waals surface area (Å²) in [5.41, 5.74) is 5.73. The van der Waals surface area contributed by atoms with Crippen LogP contribution in [-0.4, -0.2) is 24.7 Å². The molecule has 0 unspecified atom stereocenters. The van der Waals surface area contributed by atoms with Gasteiger partial charge in [-0.3, -0.25) is 0 Å². The third-order valence-corrected chi connectivity index (χ3v) is 6.14. The third kappa shape index (κ3) is 3.51. The fourth-order valence-corrected chi connectivity index (χ4v) is 4.85. The Bertz CT molecular complexity index is 728. The number of anilines is 1. The van der Waals surface area contributed by atoms with Crippen LogP contribution in [0.1, 0.15) is 54.9 Å². The van der Waals surface area contributed by atoms with Gasteiger partial charge in [-0.2, -0.15) is 0 Å². The molecule has 1 saturated carbocycles. The highest BCUT2D eigenvalue weighted by atomic mass is 16.3. The quantitative estimate of drug-likeness (QED) is 0.808. The molecular weight excluding hydrogens is 320 g/mol. The SMILES string of the molecule is C[C@@H](O)c1ccccc1.c1cc2c3c(c1)[C@H]1CCC[C@H]1CN3CCNC2. The van der Waals surface area contributed by atoms with Gasteiger partial charge in [0.25, 0.3) is 0 Å². The number of hydrogen-bond donors (Lipinski definition) is 2. The third-order valence-electron chi connectivity index (χ3n) is 6.14. The number of nitrogens with one attached hydrogen (secondary N) is 1. The molecule has 2 aliphatic heterocycles. The van der Waals surface area contributed by atoms with Crippen molar-refractivity contribution in [1.82, 2.24) is 5.32 Å². The van der Waals surface area contributed by atoms with Crippen LogP contribution in [0.5, 0.6) is 0 Å². The molecule has 3 heteroatoms. The van der Waals surface area contributed by atoms with Gasteiger partial charge in [-0.1, -0.05) is 55.0 Å². The van der Waals surface area contributed by atoms with E-state index in [1.165, 1.54) is 37.9 Å². The Kier molecular flexibility index (Phi) is 5.28. The van der Waals surface area contributed by atoms with Crippen molar-refractivity contribution in [2.75, 3.05) is 24.5 Å². The van der Waals surface area contributed by atoms with Crippen LogP contribution in [0.15, 0.2) is 48.5 Å².